The first-order valence-electron chi connectivity index (χ1n) is 10.8. The number of carbonyl (C=O) groups is 2. The van der Waals surface area contributed by atoms with Gasteiger partial charge in [0, 0.05) is 19.5 Å². The number of hydrogen-bond acceptors (Lipinski definition) is 7. The average Bonchev–Trinajstić information content (AvgIpc) is 3.09. The summed E-state index contributed by atoms with van der Waals surface area (Å²) < 4.78 is 10.0. The summed E-state index contributed by atoms with van der Waals surface area (Å²) in [5.74, 6) is 0.281. The Morgan fingerprint density at radius 2 is 1.80 bits per heavy atom. The Bertz CT molecular complexity index is 691. The highest BCUT2D eigenvalue weighted by atomic mass is 32.1. The number of nitrogens with zero attached hydrogens (tertiary/aromatic N) is 2. The predicted molar refractivity (Wildman–Crippen MR) is 120 cm³/mol. The van der Waals surface area contributed by atoms with Gasteiger partial charge in [0.15, 0.2) is 5.96 Å². The molecule has 1 aromatic heterocycles. The Kier molecular flexibility index (Phi) is 12.7. The second kappa shape index (κ2) is 14.8. The molecule has 0 saturated carbocycles. The first-order chi connectivity index (χ1) is 14.4. The van der Waals surface area contributed by atoms with Crippen LogP contribution in [-0.2, 0) is 14.3 Å². The molecule has 0 aliphatic rings. The number of unbranched alkanes of at least 4 members (excludes halogenated alkanes) is 3. The van der Waals surface area contributed by atoms with Crippen molar-refractivity contribution in [3.63, 3.8) is 0 Å². The van der Waals surface area contributed by atoms with Gasteiger partial charge in [0.2, 0.25) is 0 Å². The van der Waals surface area contributed by atoms with E-state index in [9.17, 15) is 9.59 Å². The van der Waals surface area contributed by atoms with Crippen molar-refractivity contribution in [2.45, 2.75) is 72.8 Å². The fourth-order valence-electron chi connectivity index (χ4n) is 2.73. The van der Waals surface area contributed by atoms with Gasteiger partial charge in [0.1, 0.15) is 9.88 Å². The molecule has 1 rings (SSSR count). The number of thiazole rings is 1. The van der Waals surface area contributed by atoms with Crippen LogP contribution in [0.25, 0.3) is 0 Å². The van der Waals surface area contributed by atoms with E-state index in [-0.39, 0.29) is 18.0 Å². The van der Waals surface area contributed by atoms with Crippen molar-refractivity contribution in [3.8, 4) is 0 Å². The molecule has 0 aromatic carbocycles. The van der Waals surface area contributed by atoms with E-state index in [1.807, 2.05) is 27.7 Å². The molecule has 1 atom stereocenters. The molecule has 0 aliphatic heterocycles. The van der Waals surface area contributed by atoms with E-state index in [2.05, 4.69) is 20.6 Å². The van der Waals surface area contributed by atoms with Crippen LogP contribution in [0.15, 0.2) is 4.99 Å². The lowest BCUT2D eigenvalue weighted by atomic mass is 10.1. The van der Waals surface area contributed by atoms with E-state index in [1.165, 1.54) is 11.3 Å². The molecule has 1 aromatic rings. The highest BCUT2D eigenvalue weighted by molar-refractivity contribution is 7.13. The molecular weight excluding hydrogens is 404 g/mol. The van der Waals surface area contributed by atoms with Crippen LogP contribution in [0.4, 0.5) is 0 Å². The number of guanidine groups is 1. The Labute approximate surface area is 183 Å². The van der Waals surface area contributed by atoms with Crippen molar-refractivity contribution in [3.05, 3.63) is 15.6 Å². The van der Waals surface area contributed by atoms with Gasteiger partial charge in [-0.3, -0.25) is 9.79 Å². The Morgan fingerprint density at radius 3 is 2.47 bits per heavy atom. The largest absolute Gasteiger partial charge is 0.466 e. The number of aryl methyl sites for hydroxylation is 1. The van der Waals surface area contributed by atoms with Crippen LogP contribution in [-0.4, -0.2) is 49.2 Å². The Hall–Kier alpha value is -2.16. The number of ether oxygens (including phenoxy) is 2. The molecule has 30 heavy (non-hydrogen) atoms. The lowest BCUT2D eigenvalue weighted by molar-refractivity contribution is -0.143. The van der Waals surface area contributed by atoms with Crippen LogP contribution in [0.1, 0.15) is 86.2 Å². The number of aromatic nitrogens is 1. The minimum Gasteiger partial charge on any atom is -0.466 e. The topological polar surface area (TPSA) is 102 Å². The lowest BCUT2D eigenvalue weighted by Gasteiger charge is -2.16. The minimum absolute atomic E-state index is 0.0840. The zero-order valence-corrected chi connectivity index (χ0v) is 19.7. The summed E-state index contributed by atoms with van der Waals surface area (Å²) in [6.07, 6.45) is 4.30. The number of nitrogens with one attached hydrogen (secondary N) is 2. The van der Waals surface area contributed by atoms with Gasteiger partial charge in [-0.05, 0) is 47.5 Å². The summed E-state index contributed by atoms with van der Waals surface area (Å²) >= 11 is 1.35. The summed E-state index contributed by atoms with van der Waals surface area (Å²) in [5, 5.41) is 7.41. The molecule has 0 saturated heterocycles. The number of hydrogen-bond donors (Lipinski definition) is 2. The van der Waals surface area contributed by atoms with E-state index in [1.54, 1.807) is 6.92 Å². The van der Waals surface area contributed by atoms with Gasteiger partial charge in [-0.2, -0.15) is 0 Å². The number of carbonyl (C=O) groups excluding carboxylic acids is 2. The SMILES string of the molecule is CCNC(=NCCCCCCC(=O)OCC)NC(C)c1nc(C)c(C(=O)OCC)s1. The second-order valence-corrected chi connectivity index (χ2v) is 7.81. The minimum atomic E-state index is -0.325. The van der Waals surface area contributed by atoms with Crippen LogP contribution in [0, 0.1) is 6.92 Å². The maximum absolute atomic E-state index is 12.0. The van der Waals surface area contributed by atoms with Gasteiger partial charge in [-0.1, -0.05) is 12.8 Å². The number of rotatable bonds is 13. The molecule has 0 aliphatic carbocycles. The van der Waals surface area contributed by atoms with E-state index in [0.717, 1.165) is 43.2 Å². The normalized spacial score (nSPS) is 12.4. The fourth-order valence-corrected chi connectivity index (χ4v) is 3.70. The molecule has 0 amide bonds. The summed E-state index contributed by atoms with van der Waals surface area (Å²) in [5.41, 5.74) is 0.687. The molecule has 8 nitrogen and oxygen atoms in total. The van der Waals surface area contributed by atoms with Crippen molar-refractivity contribution in [1.29, 1.82) is 0 Å². The molecule has 2 N–H and O–H groups in total. The van der Waals surface area contributed by atoms with Gasteiger partial charge < -0.3 is 20.1 Å². The third-order valence-electron chi connectivity index (χ3n) is 4.21. The average molecular weight is 441 g/mol. The predicted octanol–water partition coefficient (Wildman–Crippen LogP) is 3.76. The highest BCUT2D eigenvalue weighted by Crippen LogP contribution is 2.24. The first kappa shape index (κ1) is 25.9. The number of esters is 2. The molecule has 0 radical (unpaired) electrons. The molecule has 9 heteroatoms. The third-order valence-corrected chi connectivity index (χ3v) is 5.53. The standard InChI is InChI=1S/C21H36N4O4S/c1-6-22-21(23-14-12-10-9-11-13-17(26)28-7-2)25-16(5)19-24-15(4)18(30-19)20(27)29-8-3/h16H,6-14H2,1-5H3,(H2,22,23,25). The van der Waals surface area contributed by atoms with E-state index >= 15 is 0 Å². The van der Waals surface area contributed by atoms with Crippen molar-refractivity contribution in [2.75, 3.05) is 26.3 Å². The highest BCUT2D eigenvalue weighted by Gasteiger charge is 2.20. The summed E-state index contributed by atoms with van der Waals surface area (Å²) in [7, 11) is 0. The van der Waals surface area contributed by atoms with Gasteiger partial charge >= 0.3 is 11.9 Å². The van der Waals surface area contributed by atoms with Crippen LogP contribution in [0.2, 0.25) is 0 Å². The summed E-state index contributed by atoms with van der Waals surface area (Å²) in [4.78, 5) is 33.0. The van der Waals surface area contributed by atoms with Gasteiger partial charge in [0.25, 0.3) is 0 Å². The van der Waals surface area contributed by atoms with Crippen molar-refractivity contribution in [2.24, 2.45) is 4.99 Å². The maximum Gasteiger partial charge on any atom is 0.350 e. The van der Waals surface area contributed by atoms with Gasteiger partial charge in [0.05, 0.1) is 24.9 Å². The molecule has 0 bridgehead atoms. The second-order valence-electron chi connectivity index (χ2n) is 6.78. The summed E-state index contributed by atoms with van der Waals surface area (Å²) in [6.45, 7) is 11.7. The number of aliphatic imine (C=N–C) groups is 1. The zero-order valence-electron chi connectivity index (χ0n) is 18.9. The van der Waals surface area contributed by atoms with Crippen LogP contribution < -0.4 is 10.6 Å². The van der Waals surface area contributed by atoms with Crippen LogP contribution >= 0.6 is 11.3 Å². The van der Waals surface area contributed by atoms with Crippen molar-refractivity contribution < 1.29 is 19.1 Å². The fraction of sp³-hybridized carbons (Fsp3) is 0.714. The van der Waals surface area contributed by atoms with Gasteiger partial charge in [-0.25, -0.2) is 9.78 Å². The zero-order chi connectivity index (χ0) is 22.4. The first-order valence-corrected chi connectivity index (χ1v) is 11.6. The van der Waals surface area contributed by atoms with Crippen LogP contribution in [0.5, 0.6) is 0 Å². The monoisotopic (exact) mass is 440 g/mol. The Balaban J connectivity index is 2.49. The molecule has 0 spiro atoms. The molecule has 170 valence electrons. The maximum atomic E-state index is 12.0. The third kappa shape index (κ3) is 9.56. The molecule has 1 heterocycles. The van der Waals surface area contributed by atoms with Crippen molar-refractivity contribution >= 4 is 29.2 Å². The van der Waals surface area contributed by atoms with Gasteiger partial charge in [-0.15, -0.1) is 11.3 Å². The molecular formula is C21H36N4O4S. The Morgan fingerprint density at radius 1 is 1.10 bits per heavy atom. The van der Waals surface area contributed by atoms with Crippen molar-refractivity contribution in [1.82, 2.24) is 15.6 Å². The quantitative estimate of drug-likeness (QED) is 0.208. The van der Waals surface area contributed by atoms with E-state index in [0.29, 0.717) is 36.8 Å². The van der Waals surface area contributed by atoms with E-state index < -0.39 is 0 Å². The van der Waals surface area contributed by atoms with Crippen LogP contribution in [0.3, 0.4) is 0 Å². The van der Waals surface area contributed by atoms with E-state index in [4.69, 9.17) is 9.47 Å². The molecule has 1 unspecified atom stereocenters. The lowest BCUT2D eigenvalue weighted by Crippen LogP contribution is -2.38. The summed E-state index contributed by atoms with van der Waals surface area (Å²) in [6, 6.07) is -0.0840. The molecule has 0 fully saturated rings. The smallest absolute Gasteiger partial charge is 0.350 e.